The number of hydrogen-bond acceptors (Lipinski definition) is 3. The van der Waals surface area contributed by atoms with Gasteiger partial charge in [0, 0.05) is 20.0 Å². The largest absolute Gasteiger partial charge is 0.485 e. The smallest absolute Gasteiger partial charge is 0.414 e. The fraction of sp³-hybridized carbons (Fsp3) is 0.208. The molecule has 0 N–H and O–H groups in total. The van der Waals surface area contributed by atoms with Crippen LogP contribution >= 0.6 is 0 Å². The van der Waals surface area contributed by atoms with E-state index in [0.29, 0.717) is 18.7 Å². The number of aryl methyl sites for hydroxylation is 1. The van der Waals surface area contributed by atoms with Crippen LogP contribution in [0.4, 0.5) is 4.79 Å². The van der Waals surface area contributed by atoms with Gasteiger partial charge >= 0.3 is 6.09 Å². The van der Waals surface area contributed by atoms with Crippen LogP contribution in [0, 0.1) is 6.92 Å². The summed E-state index contributed by atoms with van der Waals surface area (Å²) in [6.45, 7) is 2.54. The molecule has 0 saturated heterocycles. The van der Waals surface area contributed by atoms with E-state index >= 15 is 0 Å². The Balaban J connectivity index is 1.66. The number of hydrogen-bond donors (Lipinski definition) is 0. The van der Waals surface area contributed by atoms with Gasteiger partial charge in [-0.3, -0.25) is 0 Å². The first-order valence-electron chi connectivity index (χ1n) is 9.38. The molecule has 0 fully saturated rings. The summed E-state index contributed by atoms with van der Waals surface area (Å²) in [5.74, 6) is 1.39. The van der Waals surface area contributed by atoms with Crippen LogP contribution in [0.3, 0.4) is 0 Å². The second-order valence-corrected chi connectivity index (χ2v) is 6.67. The molecule has 144 valence electrons. The van der Waals surface area contributed by atoms with Gasteiger partial charge in [0.15, 0.2) is 0 Å². The average molecular weight is 375 g/mol. The molecule has 0 saturated carbocycles. The summed E-state index contributed by atoms with van der Waals surface area (Å²) in [7, 11) is 1.74. The molecule has 1 amide bonds. The summed E-state index contributed by atoms with van der Waals surface area (Å²) in [5.41, 5.74) is 2.16. The van der Waals surface area contributed by atoms with Crippen LogP contribution in [0.2, 0.25) is 0 Å². The van der Waals surface area contributed by atoms with E-state index in [9.17, 15) is 4.79 Å². The standard InChI is InChI=1S/C24H25NO3/c1-19-11-9-10-16-22(19)28-23(20-12-5-3-6-13-20)17-18-25(2)24(26)27-21-14-7-4-8-15-21/h3-16,23H,17-18H2,1-2H3. The Morgan fingerprint density at radius 1 is 0.893 bits per heavy atom. The van der Waals surface area contributed by atoms with Crippen molar-refractivity contribution in [3.63, 3.8) is 0 Å². The van der Waals surface area contributed by atoms with Crippen LogP contribution in [0.15, 0.2) is 84.9 Å². The second kappa shape index (κ2) is 9.60. The number of rotatable bonds is 7. The molecule has 0 spiro atoms. The third kappa shape index (κ3) is 5.36. The van der Waals surface area contributed by atoms with Gasteiger partial charge in [-0.1, -0.05) is 66.7 Å². The Morgan fingerprint density at radius 3 is 2.18 bits per heavy atom. The van der Waals surface area contributed by atoms with Crippen LogP contribution in [0.1, 0.15) is 23.7 Å². The molecule has 4 heteroatoms. The number of nitrogens with zero attached hydrogens (tertiary/aromatic N) is 1. The van der Waals surface area contributed by atoms with Crippen molar-refractivity contribution in [1.29, 1.82) is 0 Å². The molecule has 0 aliphatic rings. The van der Waals surface area contributed by atoms with Gasteiger partial charge in [-0.15, -0.1) is 0 Å². The van der Waals surface area contributed by atoms with Gasteiger partial charge in [0.2, 0.25) is 0 Å². The van der Waals surface area contributed by atoms with Crippen molar-refractivity contribution >= 4 is 6.09 Å². The van der Waals surface area contributed by atoms with E-state index in [1.54, 1.807) is 24.1 Å². The molecule has 1 unspecified atom stereocenters. The van der Waals surface area contributed by atoms with Crippen molar-refractivity contribution < 1.29 is 14.3 Å². The predicted octanol–water partition coefficient (Wildman–Crippen LogP) is 5.64. The van der Waals surface area contributed by atoms with Crippen molar-refractivity contribution in [3.8, 4) is 11.5 Å². The first-order chi connectivity index (χ1) is 13.6. The van der Waals surface area contributed by atoms with Crippen molar-refractivity contribution in [2.75, 3.05) is 13.6 Å². The van der Waals surface area contributed by atoms with Gasteiger partial charge in [-0.05, 0) is 36.2 Å². The van der Waals surface area contributed by atoms with E-state index in [0.717, 1.165) is 16.9 Å². The van der Waals surface area contributed by atoms with Crippen LogP contribution in [0.25, 0.3) is 0 Å². The van der Waals surface area contributed by atoms with Crippen molar-refractivity contribution in [1.82, 2.24) is 4.90 Å². The highest BCUT2D eigenvalue weighted by Gasteiger charge is 2.18. The molecule has 0 aliphatic carbocycles. The van der Waals surface area contributed by atoms with Crippen LogP contribution < -0.4 is 9.47 Å². The van der Waals surface area contributed by atoms with Crippen LogP contribution in [-0.2, 0) is 0 Å². The molecule has 28 heavy (non-hydrogen) atoms. The Hall–Kier alpha value is -3.27. The van der Waals surface area contributed by atoms with Crippen molar-refractivity contribution in [2.45, 2.75) is 19.4 Å². The van der Waals surface area contributed by atoms with Crippen molar-refractivity contribution in [2.24, 2.45) is 0 Å². The monoisotopic (exact) mass is 375 g/mol. The molecular weight excluding hydrogens is 350 g/mol. The Kier molecular flexibility index (Phi) is 6.68. The van der Waals surface area contributed by atoms with E-state index < -0.39 is 0 Å². The van der Waals surface area contributed by atoms with E-state index in [1.165, 1.54) is 0 Å². The topological polar surface area (TPSA) is 38.8 Å². The third-order valence-electron chi connectivity index (χ3n) is 4.52. The summed E-state index contributed by atoms with van der Waals surface area (Å²) < 4.78 is 11.7. The normalized spacial score (nSPS) is 11.5. The number of carbonyl (C=O) groups excluding carboxylic acids is 1. The third-order valence-corrected chi connectivity index (χ3v) is 4.52. The highest BCUT2D eigenvalue weighted by molar-refractivity contribution is 5.70. The molecule has 0 bridgehead atoms. The molecule has 0 heterocycles. The summed E-state index contributed by atoms with van der Waals surface area (Å²) in [5, 5.41) is 0. The minimum atomic E-state index is -0.381. The number of amides is 1. The van der Waals surface area contributed by atoms with Gasteiger partial charge in [-0.2, -0.15) is 0 Å². The maximum Gasteiger partial charge on any atom is 0.414 e. The minimum absolute atomic E-state index is 0.158. The molecule has 4 nitrogen and oxygen atoms in total. The minimum Gasteiger partial charge on any atom is -0.485 e. The molecule has 3 rings (SSSR count). The first-order valence-corrected chi connectivity index (χ1v) is 9.38. The molecule has 1 atom stereocenters. The summed E-state index contributed by atoms with van der Waals surface area (Å²) in [6.07, 6.45) is 0.113. The molecule has 0 aromatic heterocycles. The lowest BCUT2D eigenvalue weighted by molar-refractivity contribution is 0.145. The Morgan fingerprint density at radius 2 is 1.50 bits per heavy atom. The quantitative estimate of drug-likeness (QED) is 0.537. The van der Waals surface area contributed by atoms with E-state index in [1.807, 2.05) is 79.7 Å². The van der Waals surface area contributed by atoms with E-state index in [2.05, 4.69) is 0 Å². The summed E-state index contributed by atoms with van der Waals surface area (Å²) in [4.78, 5) is 13.9. The average Bonchev–Trinajstić information content (AvgIpc) is 2.73. The van der Waals surface area contributed by atoms with Gasteiger partial charge < -0.3 is 14.4 Å². The molecule has 0 aliphatic heterocycles. The highest BCUT2D eigenvalue weighted by Crippen LogP contribution is 2.27. The lowest BCUT2D eigenvalue weighted by Gasteiger charge is -2.24. The van der Waals surface area contributed by atoms with Gasteiger partial charge in [0.05, 0.1) is 0 Å². The fourth-order valence-corrected chi connectivity index (χ4v) is 2.87. The first kappa shape index (κ1) is 19.5. The zero-order valence-corrected chi connectivity index (χ0v) is 16.2. The van der Waals surface area contributed by atoms with Gasteiger partial charge in [-0.25, -0.2) is 4.79 Å². The fourth-order valence-electron chi connectivity index (χ4n) is 2.87. The highest BCUT2D eigenvalue weighted by atomic mass is 16.6. The molecule has 0 radical (unpaired) electrons. The van der Waals surface area contributed by atoms with Crippen LogP contribution in [-0.4, -0.2) is 24.6 Å². The van der Waals surface area contributed by atoms with Crippen LogP contribution in [0.5, 0.6) is 11.5 Å². The predicted molar refractivity (Wildman–Crippen MR) is 111 cm³/mol. The number of ether oxygens (including phenoxy) is 2. The summed E-state index contributed by atoms with van der Waals surface area (Å²) in [6, 6.07) is 27.1. The number of benzene rings is 3. The zero-order valence-electron chi connectivity index (χ0n) is 16.2. The lowest BCUT2D eigenvalue weighted by atomic mass is 10.1. The molecular formula is C24H25NO3. The Bertz CT molecular complexity index is 881. The van der Waals surface area contributed by atoms with Crippen molar-refractivity contribution in [3.05, 3.63) is 96.1 Å². The summed E-state index contributed by atoms with van der Waals surface area (Å²) >= 11 is 0. The van der Waals surface area contributed by atoms with Gasteiger partial charge in [0.25, 0.3) is 0 Å². The lowest BCUT2D eigenvalue weighted by Crippen LogP contribution is -2.32. The Labute approximate surface area is 166 Å². The second-order valence-electron chi connectivity index (χ2n) is 6.67. The molecule has 3 aromatic carbocycles. The van der Waals surface area contributed by atoms with E-state index in [-0.39, 0.29) is 12.2 Å². The van der Waals surface area contributed by atoms with E-state index in [4.69, 9.17) is 9.47 Å². The zero-order chi connectivity index (χ0) is 19.8. The SMILES string of the molecule is Cc1ccccc1OC(CCN(C)C(=O)Oc1ccccc1)c1ccccc1. The van der Waals surface area contributed by atoms with Gasteiger partial charge in [0.1, 0.15) is 17.6 Å². The number of para-hydroxylation sites is 2. The number of carbonyl (C=O) groups is 1. The maximum absolute atomic E-state index is 12.3. The molecule has 3 aromatic rings. The maximum atomic E-state index is 12.3.